The van der Waals surface area contributed by atoms with Gasteiger partial charge in [-0.3, -0.25) is 19.7 Å². The largest absolute Gasteiger partial charge is 0.370 e. The molecule has 112 valence electrons. The van der Waals surface area contributed by atoms with Gasteiger partial charge in [0.05, 0.1) is 4.92 Å². The Bertz CT molecular complexity index is 565. The van der Waals surface area contributed by atoms with Crippen molar-refractivity contribution in [3.05, 3.63) is 39.9 Å². The molecule has 21 heavy (non-hydrogen) atoms. The van der Waals surface area contributed by atoms with Gasteiger partial charge in [-0.15, -0.1) is 0 Å². The third-order valence-corrected chi connectivity index (χ3v) is 3.70. The minimum absolute atomic E-state index is 0.0931. The van der Waals surface area contributed by atoms with Crippen LogP contribution >= 0.6 is 0 Å². The minimum atomic E-state index is -0.518. The SMILES string of the molecule is NC(=O)CC1CCN(C(=O)c2cccc([N+](=O)[O-])c2)CC1. The normalized spacial score (nSPS) is 15.7. The van der Waals surface area contributed by atoms with E-state index in [1.54, 1.807) is 11.0 Å². The highest BCUT2D eigenvalue weighted by Crippen LogP contribution is 2.22. The number of amides is 2. The molecule has 1 aliphatic rings. The summed E-state index contributed by atoms with van der Waals surface area (Å²) >= 11 is 0. The molecule has 0 bridgehead atoms. The Morgan fingerprint density at radius 3 is 2.57 bits per heavy atom. The van der Waals surface area contributed by atoms with Crippen molar-refractivity contribution in [1.82, 2.24) is 4.90 Å². The highest BCUT2D eigenvalue weighted by molar-refractivity contribution is 5.94. The average Bonchev–Trinajstić information content (AvgIpc) is 2.47. The summed E-state index contributed by atoms with van der Waals surface area (Å²) in [6.07, 6.45) is 1.80. The van der Waals surface area contributed by atoms with Crippen molar-refractivity contribution >= 4 is 17.5 Å². The second kappa shape index (κ2) is 6.34. The predicted octanol–water partition coefficient (Wildman–Crippen LogP) is 1.32. The van der Waals surface area contributed by atoms with E-state index >= 15 is 0 Å². The lowest BCUT2D eigenvalue weighted by Crippen LogP contribution is -2.39. The zero-order valence-electron chi connectivity index (χ0n) is 11.5. The van der Waals surface area contributed by atoms with Gasteiger partial charge in [0.15, 0.2) is 0 Å². The molecule has 1 aliphatic heterocycles. The molecule has 0 aromatic heterocycles. The summed E-state index contributed by atoms with van der Waals surface area (Å²) in [5, 5.41) is 10.7. The fourth-order valence-corrected chi connectivity index (χ4v) is 2.56. The fraction of sp³-hybridized carbons (Fsp3) is 0.429. The standard InChI is InChI=1S/C14H17N3O4/c15-13(18)8-10-4-6-16(7-5-10)14(19)11-2-1-3-12(9-11)17(20)21/h1-3,9-10H,4-8H2,(H2,15,18). The molecule has 1 fully saturated rings. The van der Waals surface area contributed by atoms with E-state index in [0.717, 1.165) is 12.8 Å². The van der Waals surface area contributed by atoms with Gasteiger partial charge in [0.1, 0.15) is 0 Å². The number of nitro groups is 1. The van der Waals surface area contributed by atoms with Crippen LogP contribution in [0.5, 0.6) is 0 Å². The van der Waals surface area contributed by atoms with Gasteiger partial charge in [-0.1, -0.05) is 6.07 Å². The first-order valence-electron chi connectivity index (χ1n) is 6.79. The molecule has 1 aromatic rings. The number of hydrogen-bond donors (Lipinski definition) is 1. The summed E-state index contributed by atoms with van der Waals surface area (Å²) in [5.41, 5.74) is 5.39. The van der Waals surface area contributed by atoms with Gasteiger partial charge in [-0.05, 0) is 24.8 Å². The van der Waals surface area contributed by atoms with E-state index in [9.17, 15) is 19.7 Å². The van der Waals surface area contributed by atoms with E-state index < -0.39 is 4.92 Å². The van der Waals surface area contributed by atoms with Crippen LogP contribution in [0.3, 0.4) is 0 Å². The fourth-order valence-electron chi connectivity index (χ4n) is 2.56. The zero-order chi connectivity index (χ0) is 15.4. The number of likely N-dealkylation sites (tertiary alicyclic amines) is 1. The van der Waals surface area contributed by atoms with Gasteiger partial charge in [-0.2, -0.15) is 0 Å². The van der Waals surface area contributed by atoms with Crippen LogP contribution in [0.1, 0.15) is 29.6 Å². The summed E-state index contributed by atoms with van der Waals surface area (Å²) in [5.74, 6) is -0.314. The van der Waals surface area contributed by atoms with Gasteiger partial charge in [0.2, 0.25) is 5.91 Å². The maximum Gasteiger partial charge on any atom is 0.270 e. The summed E-state index contributed by atoms with van der Waals surface area (Å²) in [6.45, 7) is 1.08. The molecular formula is C14H17N3O4. The first-order chi connectivity index (χ1) is 9.97. The molecule has 2 N–H and O–H groups in total. The molecule has 0 aliphatic carbocycles. The monoisotopic (exact) mass is 291 g/mol. The number of piperidine rings is 1. The second-order valence-electron chi connectivity index (χ2n) is 5.21. The van der Waals surface area contributed by atoms with E-state index in [-0.39, 0.29) is 23.4 Å². The quantitative estimate of drug-likeness (QED) is 0.666. The van der Waals surface area contributed by atoms with Gasteiger partial charge >= 0.3 is 0 Å². The molecule has 0 saturated carbocycles. The number of non-ortho nitro benzene ring substituents is 1. The van der Waals surface area contributed by atoms with Crippen molar-refractivity contribution in [1.29, 1.82) is 0 Å². The van der Waals surface area contributed by atoms with Crippen LogP contribution in [0.4, 0.5) is 5.69 Å². The average molecular weight is 291 g/mol. The Kier molecular flexibility index (Phi) is 4.52. The number of carbonyl (C=O) groups excluding carboxylic acids is 2. The summed E-state index contributed by atoms with van der Waals surface area (Å²) in [7, 11) is 0. The van der Waals surface area contributed by atoms with E-state index in [1.807, 2.05) is 0 Å². The Balaban J connectivity index is 2.00. The lowest BCUT2D eigenvalue weighted by molar-refractivity contribution is -0.384. The third-order valence-electron chi connectivity index (χ3n) is 3.70. The summed E-state index contributed by atoms with van der Waals surface area (Å²) in [4.78, 5) is 35.1. The summed E-state index contributed by atoms with van der Waals surface area (Å²) in [6, 6.07) is 5.73. The van der Waals surface area contributed by atoms with E-state index in [4.69, 9.17) is 5.73 Å². The van der Waals surface area contributed by atoms with E-state index in [1.165, 1.54) is 18.2 Å². The number of carbonyl (C=O) groups is 2. The van der Waals surface area contributed by atoms with Crippen LogP contribution in [0.25, 0.3) is 0 Å². The lowest BCUT2D eigenvalue weighted by atomic mass is 9.93. The van der Waals surface area contributed by atoms with Crippen LogP contribution in [-0.4, -0.2) is 34.7 Å². The Labute approximate surface area is 121 Å². The minimum Gasteiger partial charge on any atom is -0.370 e. The molecule has 1 saturated heterocycles. The first kappa shape index (κ1) is 15.0. The number of primary amides is 1. The number of nitrogens with zero attached hydrogens (tertiary/aromatic N) is 2. The Morgan fingerprint density at radius 2 is 2.00 bits per heavy atom. The second-order valence-corrected chi connectivity index (χ2v) is 5.21. The topological polar surface area (TPSA) is 107 Å². The van der Waals surface area contributed by atoms with Crippen molar-refractivity contribution < 1.29 is 14.5 Å². The molecule has 7 heteroatoms. The van der Waals surface area contributed by atoms with Crippen LogP contribution in [-0.2, 0) is 4.79 Å². The van der Waals surface area contributed by atoms with Crippen LogP contribution in [0.15, 0.2) is 24.3 Å². The van der Waals surface area contributed by atoms with Crippen molar-refractivity contribution in [2.45, 2.75) is 19.3 Å². The van der Waals surface area contributed by atoms with Gasteiger partial charge in [-0.25, -0.2) is 0 Å². The van der Waals surface area contributed by atoms with Crippen molar-refractivity contribution in [2.24, 2.45) is 11.7 Å². The molecule has 0 atom stereocenters. The van der Waals surface area contributed by atoms with Crippen LogP contribution in [0, 0.1) is 16.0 Å². The van der Waals surface area contributed by atoms with Crippen LogP contribution in [0.2, 0.25) is 0 Å². The van der Waals surface area contributed by atoms with E-state index in [0.29, 0.717) is 25.1 Å². The van der Waals surface area contributed by atoms with Crippen molar-refractivity contribution in [3.63, 3.8) is 0 Å². The highest BCUT2D eigenvalue weighted by Gasteiger charge is 2.25. The molecular weight excluding hydrogens is 274 g/mol. The molecule has 2 amide bonds. The van der Waals surface area contributed by atoms with Crippen LogP contribution < -0.4 is 5.73 Å². The van der Waals surface area contributed by atoms with Gasteiger partial charge in [0, 0.05) is 37.2 Å². The lowest BCUT2D eigenvalue weighted by Gasteiger charge is -2.31. The van der Waals surface area contributed by atoms with Gasteiger partial charge < -0.3 is 10.6 Å². The van der Waals surface area contributed by atoms with Crippen molar-refractivity contribution in [2.75, 3.05) is 13.1 Å². The smallest absolute Gasteiger partial charge is 0.270 e. The molecule has 1 aromatic carbocycles. The number of hydrogen-bond acceptors (Lipinski definition) is 4. The number of nitro benzene ring substituents is 1. The summed E-state index contributed by atoms with van der Waals surface area (Å²) < 4.78 is 0. The first-order valence-corrected chi connectivity index (χ1v) is 6.79. The molecule has 0 unspecified atom stereocenters. The number of nitrogens with two attached hydrogens (primary N) is 1. The zero-order valence-corrected chi connectivity index (χ0v) is 11.5. The van der Waals surface area contributed by atoms with E-state index in [2.05, 4.69) is 0 Å². The maximum absolute atomic E-state index is 12.3. The predicted molar refractivity (Wildman–Crippen MR) is 75.5 cm³/mol. The molecule has 7 nitrogen and oxygen atoms in total. The van der Waals surface area contributed by atoms with Gasteiger partial charge in [0.25, 0.3) is 11.6 Å². The Morgan fingerprint density at radius 1 is 1.33 bits per heavy atom. The molecule has 1 heterocycles. The molecule has 2 rings (SSSR count). The Hall–Kier alpha value is -2.44. The molecule has 0 spiro atoms. The van der Waals surface area contributed by atoms with Crippen molar-refractivity contribution in [3.8, 4) is 0 Å². The highest BCUT2D eigenvalue weighted by atomic mass is 16.6. The third kappa shape index (κ3) is 3.77. The maximum atomic E-state index is 12.3. The molecule has 0 radical (unpaired) electrons. The number of rotatable bonds is 4. The number of benzene rings is 1.